The fraction of sp³-hybridized carbons (Fsp3) is 0.786. The van der Waals surface area contributed by atoms with Crippen LogP contribution in [0.1, 0.15) is 74.5 Å². The van der Waals surface area contributed by atoms with Crippen LogP contribution in [0.3, 0.4) is 0 Å². The number of hydrogen-bond acceptors (Lipinski definition) is 2. The van der Waals surface area contributed by atoms with Gasteiger partial charge in [0.25, 0.3) is 0 Å². The van der Waals surface area contributed by atoms with Crippen LogP contribution < -0.4 is 5.32 Å². The number of rotatable bonds is 3. The molecule has 0 spiro atoms. The molecule has 2 heterocycles. The summed E-state index contributed by atoms with van der Waals surface area (Å²) in [7, 11) is 0. The van der Waals surface area contributed by atoms with Crippen LogP contribution >= 0.6 is 0 Å². The highest BCUT2D eigenvalue weighted by molar-refractivity contribution is 5.26. The number of aromatic nitrogens is 2. The molecule has 2 N–H and O–H groups in total. The summed E-state index contributed by atoms with van der Waals surface area (Å²) in [6, 6.07) is 0. The molecule has 17 heavy (non-hydrogen) atoms. The summed E-state index contributed by atoms with van der Waals surface area (Å²) in [4.78, 5) is 8.57. The molecule has 3 heteroatoms. The average molecular weight is 233 g/mol. The van der Waals surface area contributed by atoms with E-state index in [4.69, 9.17) is 4.98 Å². The van der Waals surface area contributed by atoms with Crippen molar-refractivity contribution in [2.45, 2.75) is 57.3 Å². The molecular formula is C14H23N3. The first-order chi connectivity index (χ1) is 8.25. The number of nitrogens with zero attached hydrogens (tertiary/aromatic N) is 1. The zero-order chi connectivity index (χ0) is 11.8. The third-order valence-electron chi connectivity index (χ3n) is 4.04. The fourth-order valence-corrected chi connectivity index (χ4v) is 2.83. The Labute approximate surface area is 103 Å². The Morgan fingerprint density at radius 3 is 2.35 bits per heavy atom. The Morgan fingerprint density at radius 1 is 1.06 bits per heavy atom. The SMILES string of the molecule is CC(C)c1nc(C2CCNCC2)[nH]c1C1CC1. The van der Waals surface area contributed by atoms with Crippen molar-refractivity contribution in [3.8, 4) is 0 Å². The van der Waals surface area contributed by atoms with Gasteiger partial charge >= 0.3 is 0 Å². The third kappa shape index (κ3) is 2.25. The second-order valence-electron chi connectivity index (χ2n) is 5.87. The number of imidazole rings is 1. The highest BCUT2D eigenvalue weighted by atomic mass is 15.0. The summed E-state index contributed by atoms with van der Waals surface area (Å²) in [5.41, 5.74) is 2.79. The van der Waals surface area contributed by atoms with E-state index in [2.05, 4.69) is 24.1 Å². The van der Waals surface area contributed by atoms with Crippen LogP contribution in [0.4, 0.5) is 0 Å². The Hall–Kier alpha value is -0.830. The van der Waals surface area contributed by atoms with Crippen molar-refractivity contribution in [3.63, 3.8) is 0 Å². The van der Waals surface area contributed by atoms with E-state index in [1.54, 1.807) is 0 Å². The van der Waals surface area contributed by atoms with Gasteiger partial charge in [-0.05, 0) is 44.7 Å². The molecule has 0 amide bonds. The normalized spacial score (nSPS) is 22.3. The van der Waals surface area contributed by atoms with Crippen LogP contribution in [0.5, 0.6) is 0 Å². The van der Waals surface area contributed by atoms with Gasteiger partial charge in [0.2, 0.25) is 0 Å². The Kier molecular flexibility index (Phi) is 2.95. The second-order valence-corrected chi connectivity index (χ2v) is 5.87. The number of piperidine rings is 1. The lowest BCUT2D eigenvalue weighted by Crippen LogP contribution is -2.27. The zero-order valence-corrected chi connectivity index (χ0v) is 10.9. The number of hydrogen-bond donors (Lipinski definition) is 2. The Balaban J connectivity index is 1.86. The van der Waals surface area contributed by atoms with Crippen LogP contribution in [-0.4, -0.2) is 23.1 Å². The number of nitrogens with one attached hydrogen (secondary N) is 2. The minimum absolute atomic E-state index is 0.553. The van der Waals surface area contributed by atoms with Gasteiger partial charge in [-0.15, -0.1) is 0 Å². The molecule has 0 unspecified atom stereocenters. The lowest BCUT2D eigenvalue weighted by molar-refractivity contribution is 0.446. The first-order valence-electron chi connectivity index (χ1n) is 7.06. The molecule has 94 valence electrons. The molecule has 0 bridgehead atoms. The molecule has 2 fully saturated rings. The van der Waals surface area contributed by atoms with E-state index < -0.39 is 0 Å². The van der Waals surface area contributed by atoms with Gasteiger partial charge in [-0.25, -0.2) is 4.98 Å². The van der Waals surface area contributed by atoms with Crippen LogP contribution in [0.2, 0.25) is 0 Å². The smallest absolute Gasteiger partial charge is 0.109 e. The molecule has 1 aliphatic carbocycles. The molecule has 1 aromatic heterocycles. The van der Waals surface area contributed by atoms with E-state index in [0.29, 0.717) is 11.8 Å². The number of aromatic amines is 1. The van der Waals surface area contributed by atoms with Crippen molar-refractivity contribution in [1.82, 2.24) is 15.3 Å². The minimum atomic E-state index is 0.553. The van der Waals surface area contributed by atoms with E-state index in [-0.39, 0.29) is 0 Å². The molecular weight excluding hydrogens is 210 g/mol. The molecule has 3 nitrogen and oxygen atoms in total. The van der Waals surface area contributed by atoms with Gasteiger partial charge in [0.05, 0.1) is 5.69 Å². The van der Waals surface area contributed by atoms with Gasteiger partial charge < -0.3 is 10.3 Å². The summed E-state index contributed by atoms with van der Waals surface area (Å²) >= 11 is 0. The maximum atomic E-state index is 4.91. The van der Waals surface area contributed by atoms with Crippen LogP contribution in [0.25, 0.3) is 0 Å². The summed E-state index contributed by atoms with van der Waals surface area (Å²) in [6.07, 6.45) is 5.17. The highest BCUT2D eigenvalue weighted by Gasteiger charge is 2.31. The first kappa shape index (κ1) is 11.3. The molecule has 0 radical (unpaired) electrons. The van der Waals surface area contributed by atoms with E-state index in [1.165, 1.54) is 42.9 Å². The van der Waals surface area contributed by atoms with Gasteiger partial charge in [0.1, 0.15) is 5.82 Å². The fourth-order valence-electron chi connectivity index (χ4n) is 2.83. The van der Waals surface area contributed by atoms with E-state index in [1.807, 2.05) is 0 Å². The van der Waals surface area contributed by atoms with Gasteiger partial charge in [0.15, 0.2) is 0 Å². The quantitative estimate of drug-likeness (QED) is 0.843. The summed E-state index contributed by atoms with van der Waals surface area (Å²) in [5.74, 6) is 3.26. The van der Waals surface area contributed by atoms with Crippen molar-refractivity contribution >= 4 is 0 Å². The maximum Gasteiger partial charge on any atom is 0.109 e. The molecule has 1 aliphatic heterocycles. The highest BCUT2D eigenvalue weighted by Crippen LogP contribution is 2.43. The van der Waals surface area contributed by atoms with Gasteiger partial charge in [-0.3, -0.25) is 0 Å². The van der Waals surface area contributed by atoms with Crippen LogP contribution in [0, 0.1) is 0 Å². The Morgan fingerprint density at radius 2 is 1.76 bits per heavy atom. The molecule has 0 atom stereocenters. The predicted molar refractivity (Wildman–Crippen MR) is 69.5 cm³/mol. The van der Waals surface area contributed by atoms with E-state index >= 15 is 0 Å². The topological polar surface area (TPSA) is 40.7 Å². The van der Waals surface area contributed by atoms with Crippen molar-refractivity contribution in [2.24, 2.45) is 0 Å². The minimum Gasteiger partial charge on any atom is -0.345 e. The van der Waals surface area contributed by atoms with Gasteiger partial charge in [-0.1, -0.05) is 13.8 Å². The third-order valence-corrected chi connectivity index (χ3v) is 4.04. The first-order valence-corrected chi connectivity index (χ1v) is 7.06. The lowest BCUT2D eigenvalue weighted by atomic mass is 9.97. The van der Waals surface area contributed by atoms with Crippen molar-refractivity contribution in [2.75, 3.05) is 13.1 Å². The summed E-state index contributed by atoms with van der Waals surface area (Å²) in [5, 5.41) is 3.42. The van der Waals surface area contributed by atoms with Gasteiger partial charge in [-0.2, -0.15) is 0 Å². The van der Waals surface area contributed by atoms with Gasteiger partial charge in [0, 0.05) is 17.5 Å². The van der Waals surface area contributed by atoms with Crippen LogP contribution in [-0.2, 0) is 0 Å². The monoisotopic (exact) mass is 233 g/mol. The number of H-pyrrole nitrogens is 1. The Bertz CT molecular complexity index is 365. The maximum absolute atomic E-state index is 4.91. The predicted octanol–water partition coefficient (Wildman–Crippen LogP) is 2.88. The van der Waals surface area contributed by atoms with E-state index in [0.717, 1.165) is 19.0 Å². The molecule has 1 saturated heterocycles. The van der Waals surface area contributed by atoms with Crippen molar-refractivity contribution < 1.29 is 0 Å². The molecule has 1 aromatic rings. The van der Waals surface area contributed by atoms with Crippen LogP contribution in [0.15, 0.2) is 0 Å². The largest absolute Gasteiger partial charge is 0.345 e. The molecule has 3 rings (SSSR count). The van der Waals surface area contributed by atoms with Crippen molar-refractivity contribution in [1.29, 1.82) is 0 Å². The standard InChI is InChI=1S/C14H23N3/c1-9(2)12-13(10-3-4-10)17-14(16-12)11-5-7-15-8-6-11/h9-11,15H,3-8H2,1-2H3,(H,16,17). The summed E-state index contributed by atoms with van der Waals surface area (Å²) in [6.45, 7) is 6.80. The average Bonchev–Trinajstić information content (AvgIpc) is 3.09. The molecule has 1 saturated carbocycles. The molecule has 2 aliphatic rings. The van der Waals surface area contributed by atoms with Crippen molar-refractivity contribution in [3.05, 3.63) is 17.2 Å². The van der Waals surface area contributed by atoms with E-state index in [9.17, 15) is 0 Å². The summed E-state index contributed by atoms with van der Waals surface area (Å²) < 4.78 is 0. The lowest BCUT2D eigenvalue weighted by Gasteiger charge is -2.20. The second kappa shape index (κ2) is 4.45. The zero-order valence-electron chi connectivity index (χ0n) is 10.9. The molecule has 0 aromatic carbocycles.